The topological polar surface area (TPSA) is 51.1 Å². The van der Waals surface area contributed by atoms with Crippen LogP contribution in [0.4, 0.5) is 0 Å². The third-order valence-electron chi connectivity index (χ3n) is 5.13. The van der Waals surface area contributed by atoms with Gasteiger partial charge in [0.2, 0.25) is 0 Å². The van der Waals surface area contributed by atoms with Crippen molar-refractivity contribution in [1.29, 1.82) is 0 Å². The molecule has 0 saturated carbocycles. The maximum Gasteiger partial charge on any atom is 0.128 e. The molecule has 0 N–H and O–H groups in total. The van der Waals surface area contributed by atoms with Gasteiger partial charge in [0.1, 0.15) is 11.6 Å². The molecule has 1 aromatic carbocycles. The average molecular weight is 374 g/mol. The minimum absolute atomic E-state index is 0.847. The summed E-state index contributed by atoms with van der Waals surface area (Å²) >= 11 is 0. The summed E-state index contributed by atoms with van der Waals surface area (Å²) in [5.74, 6) is 1.83. The smallest absolute Gasteiger partial charge is 0.128 e. The number of benzene rings is 1. The van der Waals surface area contributed by atoms with E-state index in [9.17, 15) is 0 Å². The number of ether oxygens (including phenoxy) is 1. The van der Waals surface area contributed by atoms with Crippen molar-refractivity contribution in [3.63, 3.8) is 0 Å². The van der Waals surface area contributed by atoms with Crippen LogP contribution in [0, 0.1) is 0 Å². The third kappa shape index (κ3) is 4.20. The highest BCUT2D eigenvalue weighted by atomic mass is 16.5. The van der Waals surface area contributed by atoms with Crippen molar-refractivity contribution in [2.45, 2.75) is 39.3 Å². The summed E-state index contributed by atoms with van der Waals surface area (Å²) < 4.78 is 5.31. The molecule has 0 atom stereocenters. The predicted octanol–water partition coefficient (Wildman–Crippen LogP) is 4.06. The van der Waals surface area contributed by atoms with Crippen molar-refractivity contribution in [3.05, 3.63) is 71.4 Å². The summed E-state index contributed by atoms with van der Waals surface area (Å²) in [7, 11) is 1.68. The van der Waals surface area contributed by atoms with Crippen molar-refractivity contribution in [3.8, 4) is 17.0 Å². The molecule has 0 radical (unpaired) electrons. The van der Waals surface area contributed by atoms with Crippen LogP contribution in [-0.4, -0.2) is 33.5 Å². The largest absolute Gasteiger partial charge is 0.497 e. The van der Waals surface area contributed by atoms with Crippen LogP contribution in [0.3, 0.4) is 0 Å². The van der Waals surface area contributed by atoms with Crippen LogP contribution in [0.15, 0.2) is 48.8 Å². The maximum absolute atomic E-state index is 5.31. The predicted molar refractivity (Wildman–Crippen MR) is 110 cm³/mol. The minimum atomic E-state index is 0.847. The number of hydrogen-bond acceptors (Lipinski definition) is 5. The Labute approximate surface area is 166 Å². The second kappa shape index (κ2) is 8.48. The summed E-state index contributed by atoms with van der Waals surface area (Å²) in [5, 5.41) is 0. The molecule has 28 heavy (non-hydrogen) atoms. The molecule has 144 valence electrons. The Morgan fingerprint density at radius 2 is 2.04 bits per heavy atom. The van der Waals surface area contributed by atoms with Crippen LogP contribution in [0.25, 0.3) is 11.3 Å². The number of fused-ring (bicyclic) bond motifs is 1. The van der Waals surface area contributed by atoms with Gasteiger partial charge in [-0.15, -0.1) is 0 Å². The van der Waals surface area contributed by atoms with E-state index in [0.29, 0.717) is 0 Å². The third-order valence-corrected chi connectivity index (χ3v) is 5.13. The van der Waals surface area contributed by atoms with Gasteiger partial charge >= 0.3 is 0 Å². The Balaban J connectivity index is 1.42. The standard InChI is InChI=1S/C23H26N4O/c1-3-5-23-25-14-19-16-27(11-10-22(19)26-23)15-17-8-9-21(24-13-17)18-6-4-7-20(12-18)28-2/h4,6-9,12-14H,3,5,10-11,15-16H2,1-2H3. The van der Waals surface area contributed by atoms with E-state index in [4.69, 9.17) is 9.72 Å². The molecule has 5 nitrogen and oxygen atoms in total. The summed E-state index contributed by atoms with van der Waals surface area (Å²) in [6.45, 7) is 4.98. The minimum Gasteiger partial charge on any atom is -0.497 e. The van der Waals surface area contributed by atoms with Crippen molar-refractivity contribution in [1.82, 2.24) is 19.9 Å². The van der Waals surface area contributed by atoms with Crippen molar-refractivity contribution >= 4 is 0 Å². The Kier molecular flexibility index (Phi) is 5.63. The zero-order chi connectivity index (χ0) is 19.3. The molecule has 0 amide bonds. The van der Waals surface area contributed by atoms with E-state index >= 15 is 0 Å². The normalized spacial score (nSPS) is 13.9. The highest BCUT2D eigenvalue weighted by Crippen LogP contribution is 2.23. The Morgan fingerprint density at radius 3 is 2.82 bits per heavy atom. The number of methoxy groups -OCH3 is 1. The van der Waals surface area contributed by atoms with Crippen LogP contribution in [-0.2, 0) is 25.9 Å². The monoisotopic (exact) mass is 374 g/mol. The van der Waals surface area contributed by atoms with E-state index in [2.05, 4.69) is 40.0 Å². The number of rotatable bonds is 6. The molecule has 1 aliphatic rings. The fourth-order valence-electron chi connectivity index (χ4n) is 3.62. The fourth-order valence-corrected chi connectivity index (χ4v) is 3.62. The molecule has 2 aromatic heterocycles. The molecule has 0 bridgehead atoms. The molecule has 0 unspecified atom stereocenters. The van der Waals surface area contributed by atoms with Gasteiger partial charge < -0.3 is 4.74 Å². The summed E-state index contributed by atoms with van der Waals surface area (Å²) in [5.41, 5.74) is 5.73. The first-order valence-electron chi connectivity index (χ1n) is 9.90. The van der Waals surface area contributed by atoms with Gasteiger partial charge in [-0.25, -0.2) is 9.97 Å². The summed E-state index contributed by atoms with van der Waals surface area (Å²) in [6, 6.07) is 12.2. The highest BCUT2D eigenvalue weighted by Gasteiger charge is 2.18. The van der Waals surface area contributed by atoms with Gasteiger partial charge in [-0.1, -0.05) is 25.1 Å². The van der Waals surface area contributed by atoms with Gasteiger partial charge in [-0.3, -0.25) is 9.88 Å². The van der Waals surface area contributed by atoms with E-state index in [-0.39, 0.29) is 0 Å². The molecular formula is C23H26N4O. The van der Waals surface area contributed by atoms with Crippen molar-refractivity contribution in [2.24, 2.45) is 0 Å². The van der Waals surface area contributed by atoms with Gasteiger partial charge in [-0.05, 0) is 30.2 Å². The van der Waals surface area contributed by atoms with Crippen LogP contribution in [0.2, 0.25) is 0 Å². The van der Waals surface area contributed by atoms with Gasteiger partial charge in [0.05, 0.1) is 12.8 Å². The number of pyridine rings is 1. The molecule has 0 spiro atoms. The first-order valence-corrected chi connectivity index (χ1v) is 9.90. The lowest BCUT2D eigenvalue weighted by molar-refractivity contribution is 0.242. The molecule has 1 aliphatic heterocycles. The Morgan fingerprint density at radius 1 is 1.11 bits per heavy atom. The maximum atomic E-state index is 5.31. The van der Waals surface area contributed by atoms with Crippen LogP contribution < -0.4 is 4.74 Å². The highest BCUT2D eigenvalue weighted by molar-refractivity contribution is 5.61. The Hall–Kier alpha value is -2.79. The zero-order valence-electron chi connectivity index (χ0n) is 16.6. The number of nitrogens with zero attached hydrogens (tertiary/aromatic N) is 4. The quantitative estimate of drug-likeness (QED) is 0.651. The molecule has 4 rings (SSSR count). The first-order chi connectivity index (χ1) is 13.7. The van der Waals surface area contributed by atoms with Crippen molar-refractivity contribution in [2.75, 3.05) is 13.7 Å². The molecule has 3 aromatic rings. The van der Waals surface area contributed by atoms with E-state index in [1.54, 1.807) is 7.11 Å². The van der Waals surface area contributed by atoms with Gasteiger partial charge in [0.15, 0.2) is 0 Å². The number of hydrogen-bond donors (Lipinski definition) is 0. The lowest BCUT2D eigenvalue weighted by atomic mass is 10.1. The molecular weight excluding hydrogens is 348 g/mol. The van der Waals surface area contributed by atoms with E-state index in [1.807, 2.05) is 30.6 Å². The zero-order valence-corrected chi connectivity index (χ0v) is 16.6. The molecule has 0 aliphatic carbocycles. The molecule has 0 fully saturated rings. The summed E-state index contributed by atoms with van der Waals surface area (Å²) in [4.78, 5) is 16.4. The average Bonchev–Trinajstić information content (AvgIpc) is 2.74. The van der Waals surface area contributed by atoms with E-state index in [1.165, 1.54) is 16.8 Å². The van der Waals surface area contributed by atoms with Gasteiger partial charge in [0.25, 0.3) is 0 Å². The van der Waals surface area contributed by atoms with Crippen LogP contribution in [0.1, 0.15) is 36.0 Å². The van der Waals surface area contributed by atoms with E-state index < -0.39 is 0 Å². The SMILES string of the molecule is CCCc1ncc2c(n1)CCN(Cc1ccc(-c3cccc(OC)c3)nc1)C2. The lowest BCUT2D eigenvalue weighted by Crippen LogP contribution is -2.31. The van der Waals surface area contributed by atoms with Crippen LogP contribution >= 0.6 is 0 Å². The lowest BCUT2D eigenvalue weighted by Gasteiger charge is -2.28. The van der Waals surface area contributed by atoms with Gasteiger partial charge in [-0.2, -0.15) is 0 Å². The molecule has 5 heteroatoms. The number of aryl methyl sites for hydroxylation is 1. The first kappa shape index (κ1) is 18.6. The molecule has 3 heterocycles. The second-order valence-corrected chi connectivity index (χ2v) is 7.25. The van der Waals surface area contributed by atoms with Crippen molar-refractivity contribution < 1.29 is 4.74 Å². The fraction of sp³-hybridized carbons (Fsp3) is 0.348. The van der Waals surface area contributed by atoms with Gasteiger partial charge in [0, 0.05) is 61.7 Å². The second-order valence-electron chi connectivity index (χ2n) is 7.25. The molecule has 0 saturated heterocycles. The summed E-state index contributed by atoms with van der Waals surface area (Å²) in [6.07, 6.45) is 7.03. The number of aromatic nitrogens is 3. The van der Waals surface area contributed by atoms with E-state index in [0.717, 1.165) is 61.7 Å². The Bertz CT molecular complexity index is 940. The van der Waals surface area contributed by atoms with Crippen LogP contribution in [0.5, 0.6) is 5.75 Å².